The summed E-state index contributed by atoms with van der Waals surface area (Å²) in [5.41, 5.74) is 1.36. The Kier molecular flexibility index (Phi) is 2.32. The number of aromatic amines is 1. The fourth-order valence-corrected chi connectivity index (χ4v) is 2.32. The SMILES string of the molecule is CS(=O)(=O)c1ccccc1-c1cnc[nH]1. The van der Waals surface area contributed by atoms with Gasteiger partial charge in [-0.05, 0) is 6.07 Å². The lowest BCUT2D eigenvalue weighted by Gasteiger charge is -2.04. The molecule has 0 aliphatic rings. The van der Waals surface area contributed by atoms with Gasteiger partial charge in [-0.25, -0.2) is 13.4 Å². The minimum Gasteiger partial charge on any atom is -0.345 e. The highest BCUT2D eigenvalue weighted by molar-refractivity contribution is 7.90. The van der Waals surface area contributed by atoms with Gasteiger partial charge in [-0.1, -0.05) is 18.2 Å². The summed E-state index contributed by atoms with van der Waals surface area (Å²) in [6.07, 6.45) is 4.32. The monoisotopic (exact) mass is 222 g/mol. The molecule has 0 bridgehead atoms. The van der Waals surface area contributed by atoms with Gasteiger partial charge < -0.3 is 4.98 Å². The molecule has 0 radical (unpaired) electrons. The number of nitrogens with zero attached hydrogens (tertiary/aromatic N) is 1. The third-order valence-corrected chi connectivity index (χ3v) is 3.23. The van der Waals surface area contributed by atoms with Gasteiger partial charge in [0.2, 0.25) is 0 Å². The third-order valence-electron chi connectivity index (χ3n) is 2.07. The van der Waals surface area contributed by atoms with Crippen molar-refractivity contribution in [2.75, 3.05) is 6.26 Å². The molecule has 1 aromatic heterocycles. The Morgan fingerprint density at radius 2 is 2.00 bits per heavy atom. The molecule has 78 valence electrons. The fraction of sp³-hybridized carbons (Fsp3) is 0.100. The molecule has 1 N–H and O–H groups in total. The van der Waals surface area contributed by atoms with E-state index in [0.717, 1.165) is 0 Å². The Morgan fingerprint density at radius 1 is 1.27 bits per heavy atom. The van der Waals surface area contributed by atoms with Crippen LogP contribution in [-0.2, 0) is 9.84 Å². The molecule has 4 nitrogen and oxygen atoms in total. The van der Waals surface area contributed by atoms with Gasteiger partial charge in [0.15, 0.2) is 9.84 Å². The van der Waals surface area contributed by atoms with E-state index in [-0.39, 0.29) is 0 Å². The van der Waals surface area contributed by atoms with E-state index >= 15 is 0 Å². The van der Waals surface area contributed by atoms with Crippen LogP contribution in [0.1, 0.15) is 0 Å². The maximum Gasteiger partial charge on any atom is 0.176 e. The maximum atomic E-state index is 11.5. The molecule has 1 heterocycles. The first kappa shape index (κ1) is 9.92. The van der Waals surface area contributed by atoms with E-state index in [1.165, 1.54) is 12.6 Å². The summed E-state index contributed by atoms with van der Waals surface area (Å²) in [6.45, 7) is 0. The number of aromatic nitrogens is 2. The summed E-state index contributed by atoms with van der Waals surface area (Å²) < 4.78 is 23.0. The average molecular weight is 222 g/mol. The number of imidazole rings is 1. The first-order chi connectivity index (χ1) is 7.09. The van der Waals surface area contributed by atoms with Crippen molar-refractivity contribution < 1.29 is 8.42 Å². The van der Waals surface area contributed by atoms with Crippen LogP contribution < -0.4 is 0 Å². The Morgan fingerprint density at radius 3 is 2.60 bits per heavy atom. The van der Waals surface area contributed by atoms with Crippen molar-refractivity contribution in [3.63, 3.8) is 0 Å². The summed E-state index contributed by atoms with van der Waals surface area (Å²) in [4.78, 5) is 7.08. The summed E-state index contributed by atoms with van der Waals surface area (Å²) in [5.74, 6) is 0. The largest absolute Gasteiger partial charge is 0.345 e. The average Bonchev–Trinajstić information content (AvgIpc) is 2.69. The molecular weight excluding hydrogens is 212 g/mol. The second kappa shape index (κ2) is 3.51. The molecule has 2 aromatic rings. The zero-order valence-electron chi connectivity index (χ0n) is 8.14. The molecule has 0 atom stereocenters. The van der Waals surface area contributed by atoms with Crippen molar-refractivity contribution in [1.82, 2.24) is 9.97 Å². The number of H-pyrrole nitrogens is 1. The first-order valence-corrected chi connectivity index (χ1v) is 6.26. The van der Waals surface area contributed by atoms with Crippen molar-refractivity contribution in [1.29, 1.82) is 0 Å². The lowest BCUT2D eigenvalue weighted by atomic mass is 10.2. The van der Waals surface area contributed by atoms with E-state index in [2.05, 4.69) is 9.97 Å². The van der Waals surface area contributed by atoms with Crippen LogP contribution in [0.5, 0.6) is 0 Å². The van der Waals surface area contributed by atoms with E-state index in [4.69, 9.17) is 0 Å². The van der Waals surface area contributed by atoms with Gasteiger partial charge in [0.1, 0.15) is 0 Å². The van der Waals surface area contributed by atoms with Crippen LogP contribution in [0.2, 0.25) is 0 Å². The molecule has 2 rings (SSSR count). The summed E-state index contributed by atoms with van der Waals surface area (Å²) in [5, 5.41) is 0. The number of hydrogen-bond acceptors (Lipinski definition) is 3. The van der Waals surface area contributed by atoms with Crippen molar-refractivity contribution in [2.24, 2.45) is 0 Å². The predicted octanol–water partition coefficient (Wildman–Crippen LogP) is 1.48. The topological polar surface area (TPSA) is 62.8 Å². The molecule has 0 saturated heterocycles. The van der Waals surface area contributed by atoms with Gasteiger partial charge in [0, 0.05) is 11.8 Å². The molecule has 0 unspecified atom stereocenters. The molecule has 0 amide bonds. The highest BCUT2D eigenvalue weighted by Gasteiger charge is 2.14. The first-order valence-electron chi connectivity index (χ1n) is 4.37. The molecule has 1 aromatic carbocycles. The van der Waals surface area contributed by atoms with Gasteiger partial charge in [-0.15, -0.1) is 0 Å². The van der Waals surface area contributed by atoms with E-state index in [1.807, 2.05) is 0 Å². The second-order valence-electron chi connectivity index (χ2n) is 3.23. The van der Waals surface area contributed by atoms with Crippen LogP contribution >= 0.6 is 0 Å². The van der Waals surface area contributed by atoms with Crippen molar-refractivity contribution in [2.45, 2.75) is 4.90 Å². The highest BCUT2D eigenvalue weighted by Crippen LogP contribution is 2.24. The number of nitrogens with one attached hydrogen (secondary N) is 1. The number of sulfone groups is 1. The zero-order chi connectivity index (χ0) is 10.9. The number of rotatable bonds is 2. The normalized spacial score (nSPS) is 11.5. The van der Waals surface area contributed by atoms with Gasteiger partial charge in [0.05, 0.1) is 23.1 Å². The van der Waals surface area contributed by atoms with Crippen LogP contribution in [0.25, 0.3) is 11.3 Å². The van der Waals surface area contributed by atoms with Crippen LogP contribution in [0.4, 0.5) is 0 Å². The third kappa shape index (κ3) is 1.92. The van der Waals surface area contributed by atoms with E-state index in [9.17, 15) is 8.42 Å². The van der Waals surface area contributed by atoms with Gasteiger partial charge in [-0.2, -0.15) is 0 Å². The molecule has 0 aliphatic heterocycles. The molecule has 0 saturated carbocycles. The molecule has 0 fully saturated rings. The van der Waals surface area contributed by atoms with Crippen LogP contribution in [0, 0.1) is 0 Å². The minimum atomic E-state index is -3.21. The second-order valence-corrected chi connectivity index (χ2v) is 5.22. The molecule has 15 heavy (non-hydrogen) atoms. The molecular formula is C10H10N2O2S. The summed E-state index contributed by atoms with van der Waals surface area (Å²) in [7, 11) is -3.21. The van der Waals surface area contributed by atoms with Crippen molar-refractivity contribution in [3.8, 4) is 11.3 Å². The zero-order valence-corrected chi connectivity index (χ0v) is 8.95. The van der Waals surface area contributed by atoms with Gasteiger partial charge in [0.25, 0.3) is 0 Å². The summed E-state index contributed by atoms with van der Waals surface area (Å²) in [6, 6.07) is 6.84. The molecule has 0 spiro atoms. The number of benzene rings is 1. The Balaban J connectivity index is 2.68. The quantitative estimate of drug-likeness (QED) is 0.837. The van der Waals surface area contributed by atoms with Crippen molar-refractivity contribution in [3.05, 3.63) is 36.8 Å². The lowest BCUT2D eigenvalue weighted by Crippen LogP contribution is -1.99. The standard InChI is InChI=1S/C10H10N2O2S/c1-15(13,14)10-5-3-2-4-8(10)9-6-11-7-12-9/h2-7H,1H3,(H,11,12). The van der Waals surface area contributed by atoms with Gasteiger partial charge >= 0.3 is 0 Å². The van der Waals surface area contributed by atoms with Crippen LogP contribution in [0.15, 0.2) is 41.7 Å². The molecule has 0 aliphatic carbocycles. The minimum absolute atomic E-state index is 0.314. The summed E-state index contributed by atoms with van der Waals surface area (Å²) >= 11 is 0. The van der Waals surface area contributed by atoms with Crippen LogP contribution in [0.3, 0.4) is 0 Å². The van der Waals surface area contributed by atoms with Gasteiger partial charge in [-0.3, -0.25) is 0 Å². The van der Waals surface area contributed by atoms with E-state index < -0.39 is 9.84 Å². The molecule has 5 heteroatoms. The highest BCUT2D eigenvalue weighted by atomic mass is 32.2. The van der Waals surface area contributed by atoms with E-state index in [1.54, 1.807) is 30.5 Å². The predicted molar refractivity (Wildman–Crippen MR) is 57.1 cm³/mol. The van der Waals surface area contributed by atoms with E-state index in [0.29, 0.717) is 16.2 Å². The van der Waals surface area contributed by atoms with Crippen LogP contribution in [-0.4, -0.2) is 24.6 Å². The number of hydrogen-bond donors (Lipinski definition) is 1. The maximum absolute atomic E-state index is 11.5. The smallest absolute Gasteiger partial charge is 0.176 e. The Labute approximate surface area is 87.9 Å². The fourth-order valence-electron chi connectivity index (χ4n) is 1.42. The Bertz CT molecular complexity index is 559. The van der Waals surface area contributed by atoms with Crippen molar-refractivity contribution >= 4 is 9.84 Å². The Hall–Kier alpha value is -1.62. The lowest BCUT2D eigenvalue weighted by molar-refractivity contribution is 0.602.